The highest BCUT2D eigenvalue weighted by atomic mass is 32.1. The molecule has 152 valence electrons. The molecule has 0 bridgehead atoms. The second-order valence-electron chi connectivity index (χ2n) is 7.33. The lowest BCUT2D eigenvalue weighted by Crippen LogP contribution is -2.14. The Morgan fingerprint density at radius 3 is 2.79 bits per heavy atom. The van der Waals surface area contributed by atoms with Crippen molar-refractivity contribution < 1.29 is 14.3 Å². The quantitative estimate of drug-likeness (QED) is 0.637. The first-order valence-corrected chi connectivity index (χ1v) is 10.6. The van der Waals surface area contributed by atoms with Crippen LogP contribution in [0.15, 0.2) is 24.3 Å². The molecule has 3 aromatic rings. The summed E-state index contributed by atoms with van der Waals surface area (Å²) < 4.78 is 10.5. The van der Waals surface area contributed by atoms with E-state index in [1.165, 1.54) is 29.7 Å². The third kappa shape index (κ3) is 3.62. The molecule has 4 rings (SSSR count). The number of rotatable bonds is 5. The summed E-state index contributed by atoms with van der Waals surface area (Å²) in [7, 11) is 3.13. The number of nitrogens with one attached hydrogen (secondary N) is 1. The number of carbonyl (C=O) groups excluding carboxylic acids is 1. The van der Waals surface area contributed by atoms with Gasteiger partial charge in [0.2, 0.25) is 0 Å². The fourth-order valence-electron chi connectivity index (χ4n) is 3.88. The third-order valence-electron chi connectivity index (χ3n) is 5.61. The van der Waals surface area contributed by atoms with Gasteiger partial charge in [-0.1, -0.05) is 13.3 Å². The van der Waals surface area contributed by atoms with Crippen molar-refractivity contribution in [2.75, 3.05) is 25.3 Å². The predicted octanol–water partition coefficient (Wildman–Crippen LogP) is 4.66. The number of pyridine rings is 1. The van der Waals surface area contributed by atoms with Crippen LogP contribution in [0.4, 0.5) is 11.4 Å². The van der Waals surface area contributed by atoms with Crippen LogP contribution in [0.1, 0.15) is 40.7 Å². The van der Waals surface area contributed by atoms with Crippen molar-refractivity contribution in [1.82, 2.24) is 4.98 Å². The van der Waals surface area contributed by atoms with Crippen molar-refractivity contribution in [3.05, 3.63) is 40.4 Å². The number of ether oxygens (including phenoxy) is 2. The van der Waals surface area contributed by atoms with Gasteiger partial charge < -0.3 is 20.5 Å². The molecular weight excluding hydrogens is 386 g/mol. The first-order chi connectivity index (χ1) is 14.0. The monoisotopic (exact) mass is 411 g/mol. The Balaban J connectivity index is 1.64. The van der Waals surface area contributed by atoms with Gasteiger partial charge in [-0.3, -0.25) is 4.79 Å². The van der Waals surface area contributed by atoms with E-state index < -0.39 is 0 Å². The molecule has 7 heteroatoms. The van der Waals surface area contributed by atoms with Gasteiger partial charge in [0.15, 0.2) is 11.5 Å². The Morgan fingerprint density at radius 1 is 1.28 bits per heavy atom. The second kappa shape index (κ2) is 7.91. The Kier molecular flexibility index (Phi) is 5.32. The molecule has 29 heavy (non-hydrogen) atoms. The summed E-state index contributed by atoms with van der Waals surface area (Å²) in [6.45, 7) is 2.23. The van der Waals surface area contributed by atoms with E-state index in [-0.39, 0.29) is 5.91 Å². The van der Waals surface area contributed by atoms with Crippen molar-refractivity contribution in [3.63, 3.8) is 0 Å². The molecule has 0 fully saturated rings. The Hall–Kier alpha value is -2.80. The van der Waals surface area contributed by atoms with E-state index in [4.69, 9.17) is 20.2 Å². The van der Waals surface area contributed by atoms with E-state index in [1.807, 2.05) is 0 Å². The maximum atomic E-state index is 12.9. The third-order valence-corrected chi connectivity index (χ3v) is 6.73. The number of hydrogen-bond acceptors (Lipinski definition) is 6. The fraction of sp³-hybridized carbons (Fsp3) is 0.364. The molecule has 1 atom stereocenters. The molecule has 0 aliphatic heterocycles. The first-order valence-electron chi connectivity index (χ1n) is 9.78. The number of hydrogen-bond donors (Lipinski definition) is 2. The zero-order valence-electron chi connectivity index (χ0n) is 16.9. The van der Waals surface area contributed by atoms with Gasteiger partial charge in [-0.15, -0.1) is 11.3 Å². The highest BCUT2D eigenvalue weighted by molar-refractivity contribution is 7.21. The molecule has 6 nitrogen and oxygen atoms in total. The summed E-state index contributed by atoms with van der Waals surface area (Å²) in [5.74, 6) is 1.61. The van der Waals surface area contributed by atoms with Gasteiger partial charge in [0.25, 0.3) is 5.91 Å². The van der Waals surface area contributed by atoms with Crippen molar-refractivity contribution in [1.29, 1.82) is 0 Å². The lowest BCUT2D eigenvalue weighted by molar-refractivity contribution is 0.103. The number of nitrogen functional groups attached to an aromatic ring is 1. The Morgan fingerprint density at radius 2 is 2.07 bits per heavy atom. The van der Waals surface area contributed by atoms with Crippen LogP contribution in [0.25, 0.3) is 10.2 Å². The molecule has 2 heterocycles. The molecule has 3 N–H and O–H groups in total. The van der Waals surface area contributed by atoms with Gasteiger partial charge in [0.05, 0.1) is 19.9 Å². The van der Waals surface area contributed by atoms with Gasteiger partial charge >= 0.3 is 0 Å². The van der Waals surface area contributed by atoms with Crippen LogP contribution in [0, 0.1) is 5.92 Å². The van der Waals surface area contributed by atoms with Crippen molar-refractivity contribution >= 4 is 38.8 Å². The largest absolute Gasteiger partial charge is 0.493 e. The summed E-state index contributed by atoms with van der Waals surface area (Å²) in [5, 5.41) is 3.78. The van der Waals surface area contributed by atoms with Crippen LogP contribution >= 0.6 is 11.3 Å². The van der Waals surface area contributed by atoms with Crippen LogP contribution in [-0.4, -0.2) is 25.1 Å². The SMILES string of the molecule is CC[C@@H]1CCc2nc3sc(C(=O)Nc4ccc(OC)c(OC)c4)c(N)c3cc2C1. The maximum Gasteiger partial charge on any atom is 0.267 e. The minimum Gasteiger partial charge on any atom is -0.493 e. The molecule has 0 saturated carbocycles. The molecular formula is C22H25N3O3S. The number of anilines is 2. The number of aryl methyl sites for hydroxylation is 1. The molecule has 1 aromatic carbocycles. The zero-order valence-corrected chi connectivity index (χ0v) is 17.7. The highest BCUT2D eigenvalue weighted by Crippen LogP contribution is 2.37. The lowest BCUT2D eigenvalue weighted by Gasteiger charge is -2.22. The maximum absolute atomic E-state index is 12.9. The lowest BCUT2D eigenvalue weighted by atomic mass is 9.85. The van der Waals surface area contributed by atoms with E-state index in [2.05, 4.69) is 18.3 Å². The number of carbonyl (C=O) groups is 1. The zero-order chi connectivity index (χ0) is 20.5. The number of fused-ring (bicyclic) bond motifs is 2. The second-order valence-corrected chi connectivity index (χ2v) is 8.33. The van der Waals surface area contributed by atoms with Gasteiger partial charge in [-0.25, -0.2) is 4.98 Å². The molecule has 0 radical (unpaired) electrons. The number of nitrogens with two attached hydrogens (primary N) is 1. The molecule has 1 aliphatic carbocycles. The van der Waals surface area contributed by atoms with Gasteiger partial charge in [0, 0.05) is 22.8 Å². The van der Waals surface area contributed by atoms with E-state index >= 15 is 0 Å². The van der Waals surface area contributed by atoms with Crippen molar-refractivity contribution in [2.45, 2.75) is 32.6 Å². The minimum atomic E-state index is -0.248. The number of thiophene rings is 1. The molecule has 1 aliphatic rings. The highest BCUT2D eigenvalue weighted by Gasteiger charge is 2.23. The predicted molar refractivity (Wildman–Crippen MR) is 117 cm³/mol. The summed E-state index contributed by atoms with van der Waals surface area (Å²) in [6, 6.07) is 7.38. The van der Waals surface area contributed by atoms with E-state index in [0.29, 0.717) is 33.7 Å². The summed E-state index contributed by atoms with van der Waals surface area (Å²) in [4.78, 5) is 19.0. The van der Waals surface area contributed by atoms with E-state index in [1.54, 1.807) is 32.4 Å². The summed E-state index contributed by atoms with van der Waals surface area (Å²) in [6.07, 6.45) is 4.39. The van der Waals surface area contributed by atoms with Crippen molar-refractivity contribution in [2.24, 2.45) is 5.92 Å². The van der Waals surface area contributed by atoms with Gasteiger partial charge in [-0.05, 0) is 48.9 Å². The van der Waals surface area contributed by atoms with Crippen LogP contribution in [-0.2, 0) is 12.8 Å². The molecule has 2 aromatic heterocycles. The average Bonchev–Trinajstić information content (AvgIpc) is 3.07. The normalized spacial score (nSPS) is 15.8. The molecule has 1 amide bonds. The summed E-state index contributed by atoms with van der Waals surface area (Å²) in [5.41, 5.74) is 9.89. The number of nitrogens with zero attached hydrogens (tertiary/aromatic N) is 1. The van der Waals surface area contributed by atoms with Crippen LogP contribution in [0.2, 0.25) is 0 Å². The van der Waals surface area contributed by atoms with Crippen LogP contribution in [0.3, 0.4) is 0 Å². The Bertz CT molecular complexity index is 1080. The number of aromatic nitrogens is 1. The van der Waals surface area contributed by atoms with E-state index in [0.717, 1.165) is 28.8 Å². The number of methoxy groups -OCH3 is 2. The Labute approximate surface area is 174 Å². The fourth-order valence-corrected chi connectivity index (χ4v) is 4.88. The van der Waals surface area contributed by atoms with Crippen molar-refractivity contribution in [3.8, 4) is 11.5 Å². The van der Waals surface area contributed by atoms with Crippen LogP contribution < -0.4 is 20.5 Å². The first kappa shape index (κ1) is 19.5. The van der Waals surface area contributed by atoms with Gasteiger partial charge in [-0.2, -0.15) is 0 Å². The molecule has 0 unspecified atom stereocenters. The van der Waals surface area contributed by atoms with Crippen LogP contribution in [0.5, 0.6) is 11.5 Å². The average molecular weight is 412 g/mol. The molecule has 0 saturated heterocycles. The summed E-state index contributed by atoms with van der Waals surface area (Å²) >= 11 is 1.34. The van der Waals surface area contributed by atoms with E-state index in [9.17, 15) is 4.79 Å². The standard InChI is InChI=1S/C22H25N3O3S/c1-4-12-5-7-16-13(9-12)10-15-19(23)20(29-22(15)25-16)21(26)24-14-6-8-17(27-2)18(11-14)28-3/h6,8,10-12H,4-5,7,9,23H2,1-3H3,(H,24,26)/t12-/m1/s1. The molecule has 0 spiro atoms. The number of benzene rings is 1. The topological polar surface area (TPSA) is 86.5 Å². The minimum absolute atomic E-state index is 0.248. The number of amides is 1. The van der Waals surface area contributed by atoms with Gasteiger partial charge in [0.1, 0.15) is 9.71 Å². The smallest absolute Gasteiger partial charge is 0.267 e.